The Balaban J connectivity index is 2.46. The molecule has 0 spiro atoms. The van der Waals surface area contributed by atoms with Crippen LogP contribution in [0.5, 0.6) is 0 Å². The van der Waals surface area contributed by atoms with Gasteiger partial charge in [-0.05, 0) is 11.8 Å². The van der Waals surface area contributed by atoms with Crippen LogP contribution in [0.4, 0.5) is 0 Å². The van der Waals surface area contributed by atoms with E-state index >= 15 is 0 Å². The Morgan fingerprint density at radius 2 is 1.89 bits per heavy atom. The van der Waals surface area contributed by atoms with Gasteiger partial charge in [0, 0.05) is 32.1 Å². The molecule has 1 amide bonds. The van der Waals surface area contributed by atoms with E-state index < -0.39 is 0 Å². The minimum atomic E-state index is 0.188. The monoisotopic (exact) mass is 256 g/mol. The summed E-state index contributed by atoms with van der Waals surface area (Å²) in [5.74, 6) is 1.28. The van der Waals surface area contributed by atoms with Crippen molar-refractivity contribution in [2.75, 3.05) is 32.8 Å². The Hall–Kier alpha value is -0.610. The van der Waals surface area contributed by atoms with Gasteiger partial charge in [0.25, 0.3) is 0 Å². The number of hydrogen-bond donors (Lipinski definition) is 1. The Bertz CT molecular complexity index is 238. The van der Waals surface area contributed by atoms with Gasteiger partial charge in [-0.1, -0.05) is 27.7 Å². The summed E-state index contributed by atoms with van der Waals surface area (Å²) in [6.07, 6.45) is 0.555. The summed E-state index contributed by atoms with van der Waals surface area (Å²) in [6, 6.07) is 0.188. The largest absolute Gasteiger partial charge is 0.378 e. The number of hydrogen-bond acceptors (Lipinski definition) is 3. The fraction of sp³-hybridized carbons (Fsp3) is 0.929. The van der Waals surface area contributed by atoms with Crippen molar-refractivity contribution < 1.29 is 9.53 Å². The molecule has 4 heteroatoms. The number of ether oxygens (including phenoxy) is 1. The zero-order valence-corrected chi connectivity index (χ0v) is 12.2. The van der Waals surface area contributed by atoms with Crippen LogP contribution in [0.3, 0.4) is 0 Å². The van der Waals surface area contributed by atoms with Gasteiger partial charge in [-0.2, -0.15) is 0 Å². The molecule has 1 aliphatic rings. The van der Waals surface area contributed by atoms with E-state index in [1.165, 1.54) is 0 Å². The number of morpholine rings is 1. The first-order valence-electron chi connectivity index (χ1n) is 7.08. The number of carbonyl (C=O) groups is 1. The molecule has 0 aromatic heterocycles. The zero-order valence-electron chi connectivity index (χ0n) is 12.2. The average molecular weight is 256 g/mol. The molecule has 1 saturated heterocycles. The third-order valence-corrected chi connectivity index (χ3v) is 2.94. The van der Waals surface area contributed by atoms with E-state index in [1.54, 1.807) is 0 Å². The first-order chi connectivity index (χ1) is 8.49. The van der Waals surface area contributed by atoms with E-state index in [0.717, 1.165) is 26.2 Å². The van der Waals surface area contributed by atoms with Crippen molar-refractivity contribution in [2.45, 2.75) is 40.2 Å². The molecule has 0 radical (unpaired) electrons. The zero-order chi connectivity index (χ0) is 13.5. The van der Waals surface area contributed by atoms with Crippen molar-refractivity contribution in [3.63, 3.8) is 0 Å². The predicted molar refractivity (Wildman–Crippen MR) is 73.5 cm³/mol. The lowest BCUT2D eigenvalue weighted by Crippen LogP contribution is -2.46. The van der Waals surface area contributed by atoms with Crippen molar-refractivity contribution in [1.29, 1.82) is 0 Å². The second-order valence-corrected chi connectivity index (χ2v) is 6.02. The summed E-state index contributed by atoms with van der Waals surface area (Å²) in [5.41, 5.74) is 0. The summed E-state index contributed by atoms with van der Waals surface area (Å²) in [6.45, 7) is 12.6. The molecule has 1 aliphatic heterocycles. The molecule has 0 aromatic rings. The van der Waals surface area contributed by atoms with E-state index in [4.69, 9.17) is 4.74 Å². The SMILES string of the molecule is CC(C)CN(CC(C)C)C(=O)CC1COCCN1. The molecule has 0 bridgehead atoms. The quantitative estimate of drug-likeness (QED) is 0.783. The highest BCUT2D eigenvalue weighted by Crippen LogP contribution is 2.08. The van der Waals surface area contributed by atoms with Crippen LogP contribution in [-0.4, -0.2) is 49.7 Å². The van der Waals surface area contributed by atoms with Crippen molar-refractivity contribution in [2.24, 2.45) is 11.8 Å². The lowest BCUT2D eigenvalue weighted by Gasteiger charge is -2.30. The maximum Gasteiger partial charge on any atom is 0.224 e. The fourth-order valence-corrected chi connectivity index (χ4v) is 2.25. The van der Waals surface area contributed by atoms with Crippen molar-refractivity contribution >= 4 is 5.91 Å². The number of carbonyl (C=O) groups excluding carboxylic acids is 1. The van der Waals surface area contributed by atoms with Crippen LogP contribution in [-0.2, 0) is 9.53 Å². The van der Waals surface area contributed by atoms with Gasteiger partial charge < -0.3 is 15.0 Å². The second-order valence-electron chi connectivity index (χ2n) is 6.02. The van der Waals surface area contributed by atoms with E-state index in [2.05, 4.69) is 33.0 Å². The minimum absolute atomic E-state index is 0.188. The van der Waals surface area contributed by atoms with E-state index in [0.29, 0.717) is 24.9 Å². The second kappa shape index (κ2) is 7.74. The predicted octanol–water partition coefficient (Wildman–Crippen LogP) is 1.51. The Morgan fingerprint density at radius 1 is 1.28 bits per heavy atom. The molecule has 0 aliphatic carbocycles. The maximum atomic E-state index is 12.3. The van der Waals surface area contributed by atoms with Crippen molar-refractivity contribution in [3.05, 3.63) is 0 Å². The molecule has 1 rings (SSSR count). The first-order valence-corrected chi connectivity index (χ1v) is 7.08. The molecule has 0 saturated carbocycles. The Labute approximate surface area is 111 Å². The number of nitrogens with zero attached hydrogens (tertiary/aromatic N) is 1. The molecule has 1 unspecified atom stereocenters. The molecule has 1 heterocycles. The van der Waals surface area contributed by atoms with Gasteiger partial charge in [0.2, 0.25) is 5.91 Å². The smallest absolute Gasteiger partial charge is 0.224 e. The van der Waals surface area contributed by atoms with Crippen LogP contribution in [0.2, 0.25) is 0 Å². The van der Waals surface area contributed by atoms with Gasteiger partial charge in [0.1, 0.15) is 0 Å². The average Bonchev–Trinajstić information content (AvgIpc) is 2.28. The van der Waals surface area contributed by atoms with Gasteiger partial charge in [0.15, 0.2) is 0 Å². The molecule has 0 aromatic carbocycles. The maximum absolute atomic E-state index is 12.3. The first kappa shape index (κ1) is 15.4. The Morgan fingerprint density at radius 3 is 2.33 bits per heavy atom. The topological polar surface area (TPSA) is 41.6 Å². The summed E-state index contributed by atoms with van der Waals surface area (Å²) in [4.78, 5) is 14.3. The highest BCUT2D eigenvalue weighted by Gasteiger charge is 2.22. The van der Waals surface area contributed by atoms with E-state index in [9.17, 15) is 4.79 Å². The van der Waals surface area contributed by atoms with Crippen LogP contribution in [0.25, 0.3) is 0 Å². The molecule has 1 fully saturated rings. The van der Waals surface area contributed by atoms with E-state index in [-0.39, 0.29) is 11.9 Å². The lowest BCUT2D eigenvalue weighted by molar-refractivity contribution is -0.133. The van der Waals surface area contributed by atoms with E-state index in [1.807, 2.05) is 4.90 Å². The van der Waals surface area contributed by atoms with Gasteiger partial charge in [-0.3, -0.25) is 4.79 Å². The number of nitrogens with one attached hydrogen (secondary N) is 1. The van der Waals surface area contributed by atoms with Crippen molar-refractivity contribution in [1.82, 2.24) is 10.2 Å². The molecule has 4 nitrogen and oxygen atoms in total. The molecule has 1 N–H and O–H groups in total. The summed E-state index contributed by atoms with van der Waals surface area (Å²) in [5, 5.41) is 3.34. The standard InChI is InChI=1S/C14H28N2O2/c1-11(2)8-16(9-12(3)4)14(17)7-13-10-18-6-5-15-13/h11-13,15H,5-10H2,1-4H3. The minimum Gasteiger partial charge on any atom is -0.378 e. The van der Waals surface area contributed by atoms with Gasteiger partial charge >= 0.3 is 0 Å². The third kappa shape index (κ3) is 5.83. The molecular formula is C14H28N2O2. The van der Waals surface area contributed by atoms with Crippen LogP contribution in [0.15, 0.2) is 0 Å². The van der Waals surface area contributed by atoms with Gasteiger partial charge in [0.05, 0.1) is 13.2 Å². The van der Waals surface area contributed by atoms with Crippen LogP contribution >= 0.6 is 0 Å². The molecule has 18 heavy (non-hydrogen) atoms. The Kier molecular flexibility index (Phi) is 6.65. The fourth-order valence-electron chi connectivity index (χ4n) is 2.25. The molecular weight excluding hydrogens is 228 g/mol. The van der Waals surface area contributed by atoms with Gasteiger partial charge in [-0.15, -0.1) is 0 Å². The van der Waals surface area contributed by atoms with Gasteiger partial charge in [-0.25, -0.2) is 0 Å². The summed E-state index contributed by atoms with van der Waals surface area (Å²) >= 11 is 0. The molecule has 1 atom stereocenters. The molecule has 106 valence electrons. The van der Waals surface area contributed by atoms with Crippen molar-refractivity contribution in [3.8, 4) is 0 Å². The van der Waals surface area contributed by atoms with Crippen LogP contribution in [0, 0.1) is 11.8 Å². The number of rotatable bonds is 6. The van der Waals surface area contributed by atoms with Crippen LogP contribution in [0.1, 0.15) is 34.1 Å². The summed E-state index contributed by atoms with van der Waals surface area (Å²) < 4.78 is 5.39. The summed E-state index contributed by atoms with van der Waals surface area (Å²) in [7, 11) is 0. The highest BCUT2D eigenvalue weighted by molar-refractivity contribution is 5.76. The normalized spacial score (nSPS) is 20.4. The van der Waals surface area contributed by atoms with Crippen LogP contribution < -0.4 is 5.32 Å². The lowest BCUT2D eigenvalue weighted by atomic mass is 10.1. The number of amides is 1. The highest BCUT2D eigenvalue weighted by atomic mass is 16.5. The third-order valence-electron chi connectivity index (χ3n) is 2.94.